The van der Waals surface area contributed by atoms with Crippen molar-refractivity contribution in [1.29, 1.82) is 0 Å². The molecular weight excluding hydrogens is 431 g/mol. The minimum Gasteiger partial charge on any atom is -0.467 e. The smallest absolute Gasteiger partial charge is 0.412 e. The van der Waals surface area contributed by atoms with E-state index in [-0.39, 0.29) is 34.0 Å². The molecule has 0 spiro atoms. The monoisotopic (exact) mass is 452 g/mol. The molecule has 2 unspecified atom stereocenters. The number of ether oxygens (including phenoxy) is 2. The van der Waals surface area contributed by atoms with Gasteiger partial charge in [-0.3, -0.25) is 14.7 Å². The summed E-state index contributed by atoms with van der Waals surface area (Å²) in [6, 6.07) is 4.13. The van der Waals surface area contributed by atoms with E-state index in [0.717, 1.165) is 10.6 Å². The van der Waals surface area contributed by atoms with Gasteiger partial charge in [0.2, 0.25) is 0 Å². The van der Waals surface area contributed by atoms with Gasteiger partial charge in [0.1, 0.15) is 11.6 Å². The number of nitrogens with one attached hydrogen (secondary N) is 1. The number of carbonyl (C=O) groups excluding carboxylic acids is 2. The Kier molecular flexibility index (Phi) is 6.11. The molecule has 8 nitrogen and oxygen atoms in total. The molecule has 3 rings (SSSR count). The van der Waals surface area contributed by atoms with Crippen molar-refractivity contribution in [3.8, 4) is 11.1 Å². The van der Waals surface area contributed by atoms with Crippen molar-refractivity contribution in [1.82, 2.24) is 4.57 Å². The largest absolute Gasteiger partial charge is 0.467 e. The van der Waals surface area contributed by atoms with Gasteiger partial charge in [0.25, 0.3) is 5.56 Å². The quantitative estimate of drug-likeness (QED) is 0.686. The lowest BCUT2D eigenvalue weighted by atomic mass is 10.0. The average molecular weight is 453 g/mol. The van der Waals surface area contributed by atoms with E-state index in [2.05, 4.69) is 5.32 Å². The second kappa shape index (κ2) is 8.32. The van der Waals surface area contributed by atoms with Gasteiger partial charge >= 0.3 is 12.1 Å². The summed E-state index contributed by atoms with van der Waals surface area (Å²) in [5.74, 6) is -1.54. The number of anilines is 1. The van der Waals surface area contributed by atoms with E-state index in [0.29, 0.717) is 0 Å². The Bertz CT molecular complexity index is 1110. The molecule has 2 atom stereocenters. The van der Waals surface area contributed by atoms with Gasteiger partial charge in [-0.25, -0.2) is 14.0 Å². The van der Waals surface area contributed by atoms with Gasteiger partial charge < -0.3 is 14.6 Å². The van der Waals surface area contributed by atoms with Crippen LogP contribution in [0.5, 0.6) is 0 Å². The molecule has 31 heavy (non-hydrogen) atoms. The summed E-state index contributed by atoms with van der Waals surface area (Å²) < 4.78 is 26.0. The average Bonchev–Trinajstić information content (AvgIpc) is 3.00. The number of pyridine rings is 1. The Labute approximate surface area is 182 Å². The maximum absolute atomic E-state index is 15.0. The van der Waals surface area contributed by atoms with E-state index in [1.165, 1.54) is 25.3 Å². The maximum atomic E-state index is 15.0. The normalized spacial score (nSPS) is 17.8. The van der Waals surface area contributed by atoms with Crippen LogP contribution in [-0.2, 0) is 14.3 Å². The zero-order chi connectivity index (χ0) is 23.1. The molecule has 0 fully saturated rings. The van der Waals surface area contributed by atoms with E-state index in [1.54, 1.807) is 20.8 Å². The van der Waals surface area contributed by atoms with Crippen molar-refractivity contribution < 1.29 is 28.6 Å². The summed E-state index contributed by atoms with van der Waals surface area (Å²) in [7, 11) is 1.18. The molecule has 1 amide bonds. The first-order valence-corrected chi connectivity index (χ1v) is 9.81. The van der Waals surface area contributed by atoms with Gasteiger partial charge in [-0.05, 0) is 44.5 Å². The fraction of sp³-hybridized carbons (Fsp3) is 0.381. The van der Waals surface area contributed by atoms with Gasteiger partial charge in [-0.15, -0.1) is 0 Å². The standard InChI is InChI=1S/C21H22ClFN2O6/c1-21(2,3)31-20(29)24-12-6-5-11(22)18(23)17(12)10-7-13-15(26)9-14(19(28)30-4)25(13)16(27)8-10/h5-8,14-15,26H,9H2,1-4H3,(H,24,29). The molecule has 0 radical (unpaired) electrons. The van der Waals surface area contributed by atoms with Crippen LogP contribution in [0.1, 0.15) is 45.0 Å². The third-order valence-corrected chi connectivity index (χ3v) is 4.98. The summed E-state index contributed by atoms with van der Waals surface area (Å²) in [6.45, 7) is 5.03. The number of hydrogen-bond acceptors (Lipinski definition) is 6. The molecule has 166 valence electrons. The molecule has 1 aliphatic rings. The first-order valence-electron chi connectivity index (χ1n) is 9.43. The van der Waals surface area contributed by atoms with Crippen molar-refractivity contribution in [2.75, 3.05) is 12.4 Å². The second-order valence-electron chi connectivity index (χ2n) is 8.08. The van der Waals surface area contributed by atoms with Crippen LogP contribution in [0.25, 0.3) is 11.1 Å². The minimum atomic E-state index is -1.14. The van der Waals surface area contributed by atoms with Crippen LogP contribution in [0.15, 0.2) is 29.1 Å². The summed E-state index contributed by atoms with van der Waals surface area (Å²) >= 11 is 5.94. The second-order valence-corrected chi connectivity index (χ2v) is 8.49. The van der Waals surface area contributed by atoms with Crippen LogP contribution >= 0.6 is 11.6 Å². The van der Waals surface area contributed by atoms with Crippen LogP contribution in [0.3, 0.4) is 0 Å². The molecule has 2 N–H and O–H groups in total. The highest BCUT2D eigenvalue weighted by molar-refractivity contribution is 6.31. The number of rotatable bonds is 3. The summed E-state index contributed by atoms with van der Waals surface area (Å²) in [5, 5.41) is 12.6. The first kappa shape index (κ1) is 22.8. The Balaban J connectivity index is 2.12. The predicted octanol–water partition coefficient (Wildman–Crippen LogP) is 3.81. The molecular formula is C21H22ClFN2O6. The number of methoxy groups -OCH3 is 1. The molecule has 10 heteroatoms. The Hall–Kier alpha value is -2.91. The van der Waals surface area contributed by atoms with Crippen LogP contribution in [-0.4, -0.2) is 34.4 Å². The Morgan fingerprint density at radius 2 is 1.97 bits per heavy atom. The molecule has 0 saturated heterocycles. The number of aliphatic hydroxyl groups excluding tert-OH is 1. The van der Waals surface area contributed by atoms with Crippen molar-refractivity contribution in [2.45, 2.75) is 44.9 Å². The number of aliphatic hydroxyl groups is 1. The van der Waals surface area contributed by atoms with Gasteiger partial charge in [0.15, 0.2) is 5.82 Å². The zero-order valence-electron chi connectivity index (χ0n) is 17.4. The lowest BCUT2D eigenvalue weighted by Gasteiger charge is -2.21. The van der Waals surface area contributed by atoms with E-state index < -0.39 is 41.2 Å². The molecule has 0 bridgehead atoms. The van der Waals surface area contributed by atoms with Crippen molar-refractivity contribution in [2.24, 2.45) is 0 Å². The SMILES string of the molecule is COC(=O)C1CC(O)c2cc(-c3c(NC(=O)OC(C)(C)C)ccc(Cl)c3F)cc(=O)n21. The Morgan fingerprint density at radius 1 is 1.29 bits per heavy atom. The molecule has 1 aromatic carbocycles. The van der Waals surface area contributed by atoms with Crippen molar-refractivity contribution >= 4 is 29.4 Å². The predicted molar refractivity (Wildman–Crippen MR) is 112 cm³/mol. The highest BCUT2D eigenvalue weighted by Crippen LogP contribution is 2.39. The van der Waals surface area contributed by atoms with Gasteiger partial charge in [-0.2, -0.15) is 0 Å². The van der Waals surface area contributed by atoms with Crippen molar-refractivity contribution in [3.05, 3.63) is 51.2 Å². The molecule has 0 saturated carbocycles. The molecule has 2 aromatic rings. The van der Waals surface area contributed by atoms with Crippen LogP contribution < -0.4 is 10.9 Å². The maximum Gasteiger partial charge on any atom is 0.412 e. The lowest BCUT2D eigenvalue weighted by Crippen LogP contribution is -2.28. The number of nitrogens with zero attached hydrogens (tertiary/aromatic N) is 1. The fourth-order valence-electron chi connectivity index (χ4n) is 3.46. The van der Waals surface area contributed by atoms with E-state index in [4.69, 9.17) is 21.1 Å². The molecule has 1 aliphatic heterocycles. The van der Waals surface area contributed by atoms with Gasteiger partial charge in [0.05, 0.1) is 29.6 Å². The summed E-state index contributed by atoms with van der Waals surface area (Å²) in [5.41, 5.74) is -1.34. The van der Waals surface area contributed by atoms with Crippen molar-refractivity contribution in [3.63, 3.8) is 0 Å². The zero-order valence-corrected chi connectivity index (χ0v) is 18.1. The third kappa shape index (κ3) is 4.57. The van der Waals surface area contributed by atoms with Crippen LogP contribution in [0, 0.1) is 5.82 Å². The van der Waals surface area contributed by atoms with Gasteiger partial charge in [0, 0.05) is 18.1 Å². The number of benzene rings is 1. The number of halogens is 2. The highest BCUT2D eigenvalue weighted by atomic mass is 35.5. The fourth-order valence-corrected chi connectivity index (χ4v) is 3.62. The number of carbonyl (C=O) groups is 2. The summed E-state index contributed by atoms with van der Waals surface area (Å²) in [6.07, 6.45) is -2.01. The number of aromatic nitrogens is 1. The molecule has 2 heterocycles. The van der Waals surface area contributed by atoms with Crippen LogP contribution in [0.2, 0.25) is 5.02 Å². The topological polar surface area (TPSA) is 107 Å². The number of hydrogen-bond donors (Lipinski definition) is 2. The highest BCUT2D eigenvalue weighted by Gasteiger charge is 2.36. The minimum absolute atomic E-state index is 0.0255. The summed E-state index contributed by atoms with van der Waals surface area (Å²) in [4.78, 5) is 37.0. The Morgan fingerprint density at radius 3 is 2.58 bits per heavy atom. The first-order chi connectivity index (χ1) is 14.4. The van der Waals surface area contributed by atoms with Crippen LogP contribution in [0.4, 0.5) is 14.9 Å². The van der Waals surface area contributed by atoms with Gasteiger partial charge in [-0.1, -0.05) is 11.6 Å². The van der Waals surface area contributed by atoms with E-state index in [1.807, 2.05) is 0 Å². The molecule has 0 aliphatic carbocycles. The lowest BCUT2D eigenvalue weighted by molar-refractivity contribution is -0.144. The number of amides is 1. The molecule has 1 aromatic heterocycles. The van der Waals surface area contributed by atoms with E-state index in [9.17, 15) is 19.5 Å². The van der Waals surface area contributed by atoms with E-state index >= 15 is 4.39 Å². The third-order valence-electron chi connectivity index (χ3n) is 4.69. The number of fused-ring (bicyclic) bond motifs is 1. The number of esters is 1.